The second-order valence-electron chi connectivity index (χ2n) is 4.30. The topological polar surface area (TPSA) is 30.7 Å². The molecule has 2 heterocycles. The molecular formula is C10H15N3. The number of fused-ring (bicyclic) bond motifs is 2. The summed E-state index contributed by atoms with van der Waals surface area (Å²) in [7, 11) is 0. The van der Waals surface area contributed by atoms with E-state index in [0.717, 1.165) is 12.8 Å². The third-order valence-corrected chi connectivity index (χ3v) is 3.46. The molecule has 1 aliphatic carbocycles. The van der Waals surface area contributed by atoms with Crippen LogP contribution in [0.15, 0.2) is 0 Å². The molecule has 0 saturated heterocycles. The first kappa shape index (κ1) is 7.54. The lowest BCUT2D eigenvalue weighted by atomic mass is 10.0. The molecule has 70 valence electrons. The Labute approximate surface area is 78.2 Å². The van der Waals surface area contributed by atoms with E-state index in [1.165, 1.54) is 37.3 Å². The third-order valence-electron chi connectivity index (χ3n) is 3.46. The van der Waals surface area contributed by atoms with E-state index in [9.17, 15) is 0 Å². The summed E-state index contributed by atoms with van der Waals surface area (Å²) in [6.45, 7) is 2.17. The summed E-state index contributed by atoms with van der Waals surface area (Å²) in [4.78, 5) is 0. The van der Waals surface area contributed by atoms with Gasteiger partial charge < -0.3 is 4.57 Å². The maximum atomic E-state index is 4.28. The van der Waals surface area contributed by atoms with Crippen molar-refractivity contribution in [3.63, 3.8) is 0 Å². The number of hydrogen-bond acceptors (Lipinski definition) is 2. The van der Waals surface area contributed by atoms with Gasteiger partial charge in [0, 0.05) is 18.4 Å². The predicted molar refractivity (Wildman–Crippen MR) is 49.5 cm³/mol. The van der Waals surface area contributed by atoms with Crippen LogP contribution in [-0.2, 0) is 18.4 Å². The summed E-state index contributed by atoms with van der Waals surface area (Å²) < 4.78 is 2.44. The van der Waals surface area contributed by atoms with Gasteiger partial charge in [0.25, 0.3) is 0 Å². The molecule has 1 aliphatic heterocycles. The summed E-state index contributed by atoms with van der Waals surface area (Å²) >= 11 is 0. The smallest absolute Gasteiger partial charge is 0.133 e. The maximum absolute atomic E-state index is 4.28. The van der Waals surface area contributed by atoms with E-state index in [1.807, 2.05) is 0 Å². The second kappa shape index (κ2) is 2.34. The Kier molecular flexibility index (Phi) is 1.35. The van der Waals surface area contributed by atoms with Gasteiger partial charge >= 0.3 is 0 Å². The lowest BCUT2D eigenvalue weighted by molar-refractivity contribution is 0.365. The average Bonchev–Trinajstić information content (AvgIpc) is 2.78. The van der Waals surface area contributed by atoms with Crippen molar-refractivity contribution in [1.82, 2.24) is 14.8 Å². The Hall–Kier alpha value is -0.860. The highest BCUT2D eigenvalue weighted by atomic mass is 15.3. The summed E-state index contributed by atoms with van der Waals surface area (Å²) in [6, 6.07) is 0. The standard InChI is InChI=1S/C10H15N3/c1-2-8-11-12-9-4-3-5-10(6-7-10)13(8)9/h2-7H2,1H3. The zero-order valence-electron chi connectivity index (χ0n) is 8.08. The van der Waals surface area contributed by atoms with Crippen molar-refractivity contribution in [2.75, 3.05) is 0 Å². The molecule has 0 bridgehead atoms. The molecule has 2 aliphatic rings. The van der Waals surface area contributed by atoms with Crippen molar-refractivity contribution in [3.05, 3.63) is 11.6 Å². The van der Waals surface area contributed by atoms with Gasteiger partial charge in [-0.25, -0.2) is 0 Å². The van der Waals surface area contributed by atoms with E-state index in [-0.39, 0.29) is 0 Å². The minimum atomic E-state index is 0.475. The largest absolute Gasteiger partial charge is 0.309 e. The summed E-state index contributed by atoms with van der Waals surface area (Å²) in [5.41, 5.74) is 0.475. The van der Waals surface area contributed by atoms with Gasteiger partial charge in [0.1, 0.15) is 11.6 Å². The minimum absolute atomic E-state index is 0.475. The SMILES string of the molecule is CCc1nnc2n1C1(CCC2)CC1. The fraction of sp³-hybridized carbons (Fsp3) is 0.800. The van der Waals surface area contributed by atoms with Gasteiger partial charge in [-0.1, -0.05) is 6.92 Å². The fourth-order valence-electron chi connectivity index (χ4n) is 2.60. The zero-order chi connectivity index (χ0) is 8.89. The maximum Gasteiger partial charge on any atom is 0.133 e. The number of aromatic nitrogens is 3. The Morgan fingerprint density at radius 2 is 2.15 bits per heavy atom. The quantitative estimate of drug-likeness (QED) is 0.653. The van der Waals surface area contributed by atoms with Crippen LogP contribution >= 0.6 is 0 Å². The van der Waals surface area contributed by atoms with Crippen molar-refractivity contribution in [3.8, 4) is 0 Å². The Morgan fingerprint density at radius 1 is 1.31 bits per heavy atom. The van der Waals surface area contributed by atoms with Crippen molar-refractivity contribution in [1.29, 1.82) is 0 Å². The van der Waals surface area contributed by atoms with Crippen molar-refractivity contribution in [2.45, 2.75) is 51.0 Å². The molecule has 3 heteroatoms. The molecule has 0 unspecified atom stereocenters. The summed E-state index contributed by atoms with van der Waals surface area (Å²) in [5, 5.41) is 8.54. The Bertz CT molecular complexity index is 322. The normalized spacial score (nSPS) is 23.2. The molecule has 0 radical (unpaired) electrons. The summed E-state index contributed by atoms with van der Waals surface area (Å²) in [5.74, 6) is 2.44. The van der Waals surface area contributed by atoms with Crippen LogP contribution in [0.2, 0.25) is 0 Å². The van der Waals surface area contributed by atoms with Gasteiger partial charge in [0.05, 0.1) is 0 Å². The highest BCUT2D eigenvalue weighted by Crippen LogP contribution is 2.50. The van der Waals surface area contributed by atoms with Crippen LogP contribution in [0.25, 0.3) is 0 Å². The summed E-state index contributed by atoms with van der Waals surface area (Å²) in [6.07, 6.45) is 7.52. The van der Waals surface area contributed by atoms with E-state index < -0.39 is 0 Å². The van der Waals surface area contributed by atoms with E-state index in [2.05, 4.69) is 21.7 Å². The van der Waals surface area contributed by atoms with Crippen LogP contribution in [0.4, 0.5) is 0 Å². The lowest BCUT2D eigenvalue weighted by Gasteiger charge is -2.25. The van der Waals surface area contributed by atoms with Gasteiger partial charge in [0.15, 0.2) is 0 Å². The number of nitrogens with zero attached hydrogens (tertiary/aromatic N) is 3. The molecule has 0 atom stereocenters. The van der Waals surface area contributed by atoms with E-state index >= 15 is 0 Å². The molecule has 0 N–H and O–H groups in total. The molecule has 3 nitrogen and oxygen atoms in total. The molecule has 1 spiro atoms. The lowest BCUT2D eigenvalue weighted by Crippen LogP contribution is -2.26. The fourth-order valence-corrected chi connectivity index (χ4v) is 2.60. The van der Waals surface area contributed by atoms with E-state index in [0.29, 0.717) is 5.54 Å². The Morgan fingerprint density at radius 3 is 2.85 bits per heavy atom. The van der Waals surface area contributed by atoms with Crippen LogP contribution in [0, 0.1) is 0 Å². The monoisotopic (exact) mass is 177 g/mol. The molecule has 1 saturated carbocycles. The van der Waals surface area contributed by atoms with Crippen LogP contribution in [0.1, 0.15) is 44.3 Å². The highest BCUT2D eigenvalue weighted by Gasteiger charge is 2.48. The van der Waals surface area contributed by atoms with E-state index in [1.54, 1.807) is 0 Å². The zero-order valence-corrected chi connectivity index (χ0v) is 8.08. The van der Waals surface area contributed by atoms with Gasteiger partial charge in [-0.15, -0.1) is 10.2 Å². The number of hydrogen-bond donors (Lipinski definition) is 0. The third kappa shape index (κ3) is 0.901. The minimum Gasteiger partial charge on any atom is -0.309 e. The second-order valence-corrected chi connectivity index (χ2v) is 4.30. The van der Waals surface area contributed by atoms with Crippen molar-refractivity contribution < 1.29 is 0 Å². The van der Waals surface area contributed by atoms with Gasteiger partial charge in [-0.05, 0) is 25.7 Å². The molecule has 1 aromatic heterocycles. The van der Waals surface area contributed by atoms with Gasteiger partial charge in [-0.3, -0.25) is 0 Å². The van der Waals surface area contributed by atoms with Gasteiger partial charge in [0.2, 0.25) is 0 Å². The van der Waals surface area contributed by atoms with Crippen LogP contribution in [0.3, 0.4) is 0 Å². The first-order valence-electron chi connectivity index (χ1n) is 5.29. The van der Waals surface area contributed by atoms with Crippen LogP contribution in [0.5, 0.6) is 0 Å². The number of aryl methyl sites for hydroxylation is 2. The average molecular weight is 177 g/mol. The van der Waals surface area contributed by atoms with Gasteiger partial charge in [-0.2, -0.15) is 0 Å². The molecule has 0 aromatic carbocycles. The molecule has 1 fully saturated rings. The molecule has 1 aromatic rings. The first-order valence-corrected chi connectivity index (χ1v) is 5.29. The molecular weight excluding hydrogens is 162 g/mol. The first-order chi connectivity index (χ1) is 6.36. The number of rotatable bonds is 1. The van der Waals surface area contributed by atoms with Crippen molar-refractivity contribution >= 4 is 0 Å². The molecule has 3 rings (SSSR count). The van der Waals surface area contributed by atoms with Crippen LogP contribution < -0.4 is 0 Å². The molecule has 13 heavy (non-hydrogen) atoms. The molecule has 0 amide bonds. The predicted octanol–water partition coefficient (Wildman–Crippen LogP) is 1.67. The van der Waals surface area contributed by atoms with E-state index in [4.69, 9.17) is 0 Å². The van der Waals surface area contributed by atoms with Crippen LogP contribution in [-0.4, -0.2) is 14.8 Å². The Balaban J connectivity index is 2.14. The highest BCUT2D eigenvalue weighted by molar-refractivity contribution is 5.13. The van der Waals surface area contributed by atoms with Crippen molar-refractivity contribution in [2.24, 2.45) is 0 Å².